The highest BCUT2D eigenvalue weighted by molar-refractivity contribution is 4.83. The lowest BCUT2D eigenvalue weighted by atomic mass is 9.85. The molecule has 0 heterocycles. The van der Waals surface area contributed by atoms with Gasteiger partial charge in [0.05, 0.1) is 0 Å². The minimum atomic E-state index is 0.204. The van der Waals surface area contributed by atoms with Gasteiger partial charge in [0, 0.05) is 31.7 Å². The fraction of sp³-hybridized carbons (Fsp3) is 1.00. The van der Waals surface area contributed by atoms with E-state index < -0.39 is 0 Å². The Balaban J connectivity index is 4.50. The molecule has 0 aromatic carbocycles. The van der Waals surface area contributed by atoms with Gasteiger partial charge in [-0.2, -0.15) is 0 Å². The molecule has 0 aliphatic heterocycles. The Kier molecular flexibility index (Phi) is 8.96. The van der Waals surface area contributed by atoms with Crippen LogP contribution in [0.25, 0.3) is 0 Å². The van der Waals surface area contributed by atoms with Gasteiger partial charge in [0.15, 0.2) is 0 Å². The van der Waals surface area contributed by atoms with Crippen LogP contribution in [0.4, 0.5) is 0 Å². The lowest BCUT2D eigenvalue weighted by molar-refractivity contribution is 0.138. The summed E-state index contributed by atoms with van der Waals surface area (Å²) < 4.78 is 0. The number of nitrogens with zero attached hydrogens (tertiary/aromatic N) is 2. The first-order valence-electron chi connectivity index (χ1n) is 8.24. The van der Waals surface area contributed by atoms with E-state index in [2.05, 4.69) is 70.8 Å². The summed E-state index contributed by atoms with van der Waals surface area (Å²) in [5.41, 5.74) is 0.560. The minimum absolute atomic E-state index is 0.204. The van der Waals surface area contributed by atoms with Crippen molar-refractivity contribution in [3.63, 3.8) is 0 Å². The molecule has 0 rings (SSSR count). The molecule has 0 radical (unpaired) electrons. The van der Waals surface area contributed by atoms with Crippen molar-refractivity contribution in [2.24, 2.45) is 5.41 Å². The molecule has 0 aromatic rings. The van der Waals surface area contributed by atoms with Crippen LogP contribution in [0.3, 0.4) is 0 Å². The third-order valence-corrected chi connectivity index (χ3v) is 3.91. The highest BCUT2D eigenvalue weighted by atomic mass is 15.2. The lowest BCUT2D eigenvalue weighted by Gasteiger charge is -2.37. The zero-order valence-corrected chi connectivity index (χ0v) is 15.3. The van der Waals surface area contributed by atoms with Gasteiger partial charge in [-0.15, -0.1) is 0 Å². The van der Waals surface area contributed by atoms with Crippen LogP contribution < -0.4 is 5.32 Å². The Hall–Kier alpha value is -0.120. The number of likely N-dealkylation sites (N-methyl/N-ethyl adjacent to an activating group) is 1. The third-order valence-electron chi connectivity index (χ3n) is 3.91. The van der Waals surface area contributed by atoms with Crippen molar-refractivity contribution in [3.05, 3.63) is 0 Å². The Morgan fingerprint density at radius 1 is 0.900 bits per heavy atom. The van der Waals surface area contributed by atoms with E-state index in [9.17, 15) is 0 Å². The first kappa shape index (κ1) is 19.9. The van der Waals surface area contributed by atoms with Gasteiger partial charge in [0.1, 0.15) is 0 Å². The van der Waals surface area contributed by atoms with E-state index in [0.717, 1.165) is 13.1 Å². The second kappa shape index (κ2) is 9.01. The quantitative estimate of drug-likeness (QED) is 0.665. The Labute approximate surface area is 128 Å². The molecule has 0 fully saturated rings. The maximum Gasteiger partial charge on any atom is 0.0109 e. The second-order valence-corrected chi connectivity index (χ2v) is 7.85. The van der Waals surface area contributed by atoms with Gasteiger partial charge in [-0.25, -0.2) is 0 Å². The van der Waals surface area contributed by atoms with Crippen LogP contribution in [-0.2, 0) is 0 Å². The summed E-state index contributed by atoms with van der Waals surface area (Å²) in [6.45, 7) is 19.6. The second-order valence-electron chi connectivity index (χ2n) is 7.85. The molecule has 122 valence electrons. The molecule has 1 unspecified atom stereocenters. The Morgan fingerprint density at radius 2 is 1.50 bits per heavy atom. The molecule has 0 spiro atoms. The normalized spacial score (nSPS) is 15.9. The zero-order valence-electron chi connectivity index (χ0n) is 15.3. The summed E-state index contributed by atoms with van der Waals surface area (Å²) in [5, 5.41) is 3.69. The van der Waals surface area contributed by atoms with Gasteiger partial charge in [0.25, 0.3) is 0 Å². The molecular formula is C17H39N3. The molecule has 0 aliphatic rings. The zero-order chi connectivity index (χ0) is 15.8. The Morgan fingerprint density at radius 3 is 1.90 bits per heavy atom. The van der Waals surface area contributed by atoms with Crippen molar-refractivity contribution < 1.29 is 0 Å². The molecule has 0 amide bonds. The number of hydrogen-bond donors (Lipinski definition) is 1. The predicted octanol–water partition coefficient (Wildman–Crippen LogP) is 3.06. The van der Waals surface area contributed by atoms with Gasteiger partial charge in [-0.1, -0.05) is 20.8 Å². The van der Waals surface area contributed by atoms with E-state index in [1.165, 1.54) is 32.5 Å². The molecular weight excluding hydrogens is 246 g/mol. The van der Waals surface area contributed by atoms with Crippen molar-refractivity contribution >= 4 is 0 Å². The fourth-order valence-electron chi connectivity index (χ4n) is 2.24. The standard InChI is InChI=1S/C17H39N3/c1-9-11-20(13-12-19(7)8)15-17(6,10-2)14-18-16(3,4)5/h18H,9-15H2,1-8H3. The number of hydrogen-bond acceptors (Lipinski definition) is 3. The average Bonchev–Trinajstić information content (AvgIpc) is 2.33. The first-order valence-corrected chi connectivity index (χ1v) is 8.24. The van der Waals surface area contributed by atoms with Crippen LogP contribution in [-0.4, -0.2) is 62.2 Å². The molecule has 0 bridgehead atoms. The summed E-state index contributed by atoms with van der Waals surface area (Å²) in [4.78, 5) is 4.91. The summed E-state index contributed by atoms with van der Waals surface area (Å²) >= 11 is 0. The van der Waals surface area contributed by atoms with Crippen molar-refractivity contribution in [2.75, 3.05) is 46.8 Å². The highest BCUT2D eigenvalue weighted by Gasteiger charge is 2.26. The summed E-state index contributed by atoms with van der Waals surface area (Å²) in [5.74, 6) is 0. The van der Waals surface area contributed by atoms with Crippen molar-refractivity contribution in [1.29, 1.82) is 0 Å². The predicted molar refractivity (Wildman–Crippen MR) is 91.4 cm³/mol. The van der Waals surface area contributed by atoms with Crippen LogP contribution in [0.5, 0.6) is 0 Å². The van der Waals surface area contributed by atoms with Crippen LogP contribution in [0.1, 0.15) is 54.4 Å². The number of nitrogens with one attached hydrogen (secondary N) is 1. The molecule has 20 heavy (non-hydrogen) atoms. The van der Waals surface area contributed by atoms with Crippen molar-refractivity contribution in [1.82, 2.24) is 15.1 Å². The van der Waals surface area contributed by atoms with Gasteiger partial charge in [-0.3, -0.25) is 0 Å². The molecule has 3 nitrogen and oxygen atoms in total. The van der Waals surface area contributed by atoms with Crippen molar-refractivity contribution in [3.8, 4) is 0 Å². The summed E-state index contributed by atoms with van der Waals surface area (Å²) in [6, 6.07) is 0. The molecule has 0 saturated heterocycles. The smallest absolute Gasteiger partial charge is 0.0109 e. The summed E-state index contributed by atoms with van der Waals surface area (Å²) in [6.07, 6.45) is 2.46. The third kappa shape index (κ3) is 9.73. The number of rotatable bonds is 10. The van der Waals surface area contributed by atoms with Gasteiger partial charge < -0.3 is 15.1 Å². The molecule has 0 saturated carbocycles. The van der Waals surface area contributed by atoms with E-state index in [-0.39, 0.29) is 5.54 Å². The SMILES string of the molecule is CCCN(CCN(C)C)CC(C)(CC)CNC(C)(C)C. The van der Waals surface area contributed by atoms with E-state index >= 15 is 0 Å². The molecule has 1 N–H and O–H groups in total. The molecule has 0 aliphatic carbocycles. The van der Waals surface area contributed by atoms with Gasteiger partial charge in [0.2, 0.25) is 0 Å². The molecule has 3 heteroatoms. The van der Waals surface area contributed by atoms with Crippen LogP contribution in [0.15, 0.2) is 0 Å². The van der Waals surface area contributed by atoms with E-state index in [4.69, 9.17) is 0 Å². The maximum atomic E-state index is 3.69. The highest BCUT2D eigenvalue weighted by Crippen LogP contribution is 2.23. The Bertz CT molecular complexity index is 245. The van der Waals surface area contributed by atoms with Gasteiger partial charge in [-0.05, 0) is 59.7 Å². The largest absolute Gasteiger partial charge is 0.311 e. The monoisotopic (exact) mass is 285 g/mol. The van der Waals surface area contributed by atoms with E-state index in [1.807, 2.05) is 0 Å². The first-order chi connectivity index (χ1) is 9.12. The van der Waals surface area contributed by atoms with Crippen LogP contribution >= 0.6 is 0 Å². The average molecular weight is 286 g/mol. The maximum absolute atomic E-state index is 3.69. The fourth-order valence-corrected chi connectivity index (χ4v) is 2.24. The van der Waals surface area contributed by atoms with Crippen LogP contribution in [0, 0.1) is 5.41 Å². The summed E-state index contributed by atoms with van der Waals surface area (Å²) in [7, 11) is 4.31. The topological polar surface area (TPSA) is 18.5 Å². The van der Waals surface area contributed by atoms with E-state index in [0.29, 0.717) is 5.41 Å². The van der Waals surface area contributed by atoms with Gasteiger partial charge >= 0.3 is 0 Å². The molecule has 0 aromatic heterocycles. The van der Waals surface area contributed by atoms with E-state index in [1.54, 1.807) is 0 Å². The lowest BCUT2D eigenvalue weighted by Crippen LogP contribution is -2.48. The van der Waals surface area contributed by atoms with Crippen LogP contribution in [0.2, 0.25) is 0 Å². The van der Waals surface area contributed by atoms with Crippen molar-refractivity contribution in [2.45, 2.75) is 59.9 Å². The molecule has 1 atom stereocenters. The minimum Gasteiger partial charge on any atom is -0.311 e.